The van der Waals surface area contributed by atoms with Crippen LogP contribution in [0.25, 0.3) is 0 Å². The molecule has 2 heterocycles. The van der Waals surface area contributed by atoms with Crippen molar-refractivity contribution >= 4 is 21.6 Å². The highest BCUT2D eigenvalue weighted by Crippen LogP contribution is 2.31. The summed E-state index contributed by atoms with van der Waals surface area (Å²) in [4.78, 5) is 4.46. The molecule has 0 spiro atoms. The minimum Gasteiger partial charge on any atom is -0.337 e. The van der Waals surface area contributed by atoms with Gasteiger partial charge in [-0.05, 0) is 24.6 Å². The first-order valence-electron chi connectivity index (χ1n) is 7.37. The molecular formula is C15H19ClN4O2S. The van der Waals surface area contributed by atoms with Crippen LogP contribution in [-0.2, 0) is 17.1 Å². The maximum Gasteiger partial charge on any atom is 0.245 e. The number of halogens is 1. The van der Waals surface area contributed by atoms with Crippen molar-refractivity contribution < 1.29 is 8.42 Å². The Morgan fingerprint density at radius 3 is 2.83 bits per heavy atom. The van der Waals surface area contributed by atoms with E-state index in [0.717, 1.165) is 5.56 Å². The van der Waals surface area contributed by atoms with Crippen molar-refractivity contribution in [2.45, 2.75) is 17.9 Å². The Labute approximate surface area is 141 Å². The molecule has 23 heavy (non-hydrogen) atoms. The Hall–Kier alpha value is -1.41. The molecule has 2 aromatic rings. The van der Waals surface area contributed by atoms with Crippen molar-refractivity contribution in [2.75, 3.05) is 19.6 Å². The Balaban J connectivity index is 2.04. The number of sulfonamides is 1. The smallest absolute Gasteiger partial charge is 0.245 e. The first kappa shape index (κ1) is 16.4. The molecule has 1 aromatic carbocycles. The molecular weight excluding hydrogens is 336 g/mol. The van der Waals surface area contributed by atoms with Crippen LogP contribution in [0.4, 0.5) is 0 Å². The van der Waals surface area contributed by atoms with Gasteiger partial charge in [0.15, 0.2) is 0 Å². The summed E-state index contributed by atoms with van der Waals surface area (Å²) >= 11 is 6.19. The molecule has 1 fully saturated rings. The van der Waals surface area contributed by atoms with Crippen LogP contribution in [0.1, 0.15) is 17.4 Å². The van der Waals surface area contributed by atoms with E-state index < -0.39 is 10.0 Å². The van der Waals surface area contributed by atoms with Gasteiger partial charge in [-0.1, -0.05) is 17.7 Å². The monoisotopic (exact) mass is 354 g/mol. The minimum atomic E-state index is -3.69. The summed E-state index contributed by atoms with van der Waals surface area (Å²) in [6.07, 6.45) is 3.49. The third kappa shape index (κ3) is 3.01. The van der Waals surface area contributed by atoms with E-state index in [2.05, 4.69) is 10.3 Å². The second-order valence-corrected chi connectivity index (χ2v) is 7.93. The second kappa shape index (κ2) is 6.24. The summed E-state index contributed by atoms with van der Waals surface area (Å²) in [6, 6.07) is 4.65. The highest BCUT2D eigenvalue weighted by atomic mass is 35.5. The van der Waals surface area contributed by atoms with Crippen molar-refractivity contribution in [3.63, 3.8) is 0 Å². The van der Waals surface area contributed by atoms with Crippen LogP contribution in [0.15, 0.2) is 35.5 Å². The van der Waals surface area contributed by atoms with Crippen LogP contribution in [0, 0.1) is 6.92 Å². The fraction of sp³-hybridized carbons (Fsp3) is 0.400. The molecule has 0 saturated carbocycles. The van der Waals surface area contributed by atoms with Crippen LogP contribution >= 0.6 is 11.6 Å². The highest BCUT2D eigenvalue weighted by Gasteiger charge is 2.37. The van der Waals surface area contributed by atoms with Gasteiger partial charge in [0.25, 0.3) is 0 Å². The summed E-state index contributed by atoms with van der Waals surface area (Å²) in [5.74, 6) is 0.712. The van der Waals surface area contributed by atoms with E-state index in [1.807, 2.05) is 24.7 Å². The fourth-order valence-corrected chi connectivity index (χ4v) is 4.99. The van der Waals surface area contributed by atoms with Gasteiger partial charge in [0.05, 0.1) is 11.1 Å². The van der Waals surface area contributed by atoms with Gasteiger partial charge in [-0.15, -0.1) is 0 Å². The molecule has 0 radical (unpaired) electrons. The van der Waals surface area contributed by atoms with E-state index >= 15 is 0 Å². The van der Waals surface area contributed by atoms with Crippen LogP contribution < -0.4 is 5.32 Å². The lowest BCUT2D eigenvalue weighted by Gasteiger charge is -2.34. The molecule has 124 valence electrons. The maximum atomic E-state index is 13.1. The number of rotatable bonds is 3. The van der Waals surface area contributed by atoms with Gasteiger partial charge in [0.1, 0.15) is 10.7 Å². The zero-order chi connectivity index (χ0) is 16.6. The Morgan fingerprint density at radius 1 is 1.39 bits per heavy atom. The molecule has 1 atom stereocenters. The zero-order valence-corrected chi connectivity index (χ0v) is 14.6. The normalized spacial score (nSPS) is 19.9. The summed E-state index contributed by atoms with van der Waals surface area (Å²) < 4.78 is 29.6. The summed E-state index contributed by atoms with van der Waals surface area (Å²) in [5, 5.41) is 3.49. The average Bonchev–Trinajstić information content (AvgIpc) is 2.93. The van der Waals surface area contributed by atoms with Gasteiger partial charge in [0, 0.05) is 39.1 Å². The van der Waals surface area contributed by atoms with E-state index in [1.165, 1.54) is 4.31 Å². The Morgan fingerprint density at radius 2 is 2.17 bits per heavy atom. The van der Waals surface area contributed by atoms with E-state index in [1.54, 1.807) is 24.4 Å². The summed E-state index contributed by atoms with van der Waals surface area (Å²) in [5.41, 5.74) is 0.926. The van der Waals surface area contributed by atoms with Crippen LogP contribution in [0.2, 0.25) is 5.02 Å². The fourth-order valence-electron chi connectivity index (χ4n) is 2.83. The highest BCUT2D eigenvalue weighted by molar-refractivity contribution is 7.89. The van der Waals surface area contributed by atoms with Crippen molar-refractivity contribution in [1.82, 2.24) is 19.2 Å². The molecule has 1 saturated heterocycles. The van der Waals surface area contributed by atoms with Crippen LogP contribution in [0.3, 0.4) is 0 Å². The zero-order valence-electron chi connectivity index (χ0n) is 13.0. The molecule has 1 unspecified atom stereocenters. The van der Waals surface area contributed by atoms with Crippen molar-refractivity contribution in [2.24, 2.45) is 7.05 Å². The van der Waals surface area contributed by atoms with Gasteiger partial charge in [0.2, 0.25) is 10.0 Å². The average molecular weight is 355 g/mol. The van der Waals surface area contributed by atoms with E-state index in [0.29, 0.717) is 25.5 Å². The van der Waals surface area contributed by atoms with Gasteiger partial charge < -0.3 is 9.88 Å². The standard InChI is InChI=1S/C15H19ClN4O2S/c1-11-3-4-14(12(16)9-11)23(21,22)20-8-5-17-10-13(20)15-18-6-7-19(15)2/h3-4,6-7,9,13,17H,5,8,10H2,1-2H3. The molecule has 6 nitrogen and oxygen atoms in total. The lowest BCUT2D eigenvalue weighted by atomic mass is 10.2. The van der Waals surface area contributed by atoms with Crippen molar-refractivity contribution in [3.05, 3.63) is 47.0 Å². The molecule has 3 rings (SSSR count). The number of nitrogens with zero attached hydrogens (tertiary/aromatic N) is 3. The number of benzene rings is 1. The van der Waals surface area contributed by atoms with Crippen LogP contribution in [-0.4, -0.2) is 41.9 Å². The van der Waals surface area contributed by atoms with E-state index in [9.17, 15) is 8.42 Å². The number of aryl methyl sites for hydroxylation is 2. The molecule has 8 heteroatoms. The van der Waals surface area contributed by atoms with E-state index in [-0.39, 0.29) is 16.0 Å². The lowest BCUT2D eigenvalue weighted by Crippen LogP contribution is -2.49. The first-order chi connectivity index (χ1) is 10.9. The summed E-state index contributed by atoms with van der Waals surface area (Å²) in [7, 11) is -1.83. The Kier molecular flexibility index (Phi) is 4.46. The molecule has 1 aromatic heterocycles. The van der Waals surface area contributed by atoms with Crippen molar-refractivity contribution in [3.8, 4) is 0 Å². The number of aromatic nitrogens is 2. The lowest BCUT2D eigenvalue weighted by molar-refractivity contribution is 0.258. The quantitative estimate of drug-likeness (QED) is 0.911. The largest absolute Gasteiger partial charge is 0.337 e. The molecule has 0 aliphatic carbocycles. The molecule has 0 amide bonds. The topological polar surface area (TPSA) is 67.2 Å². The number of piperazine rings is 1. The molecule has 1 aliphatic heterocycles. The van der Waals surface area contributed by atoms with Gasteiger partial charge in [-0.2, -0.15) is 4.31 Å². The van der Waals surface area contributed by atoms with Crippen LogP contribution in [0.5, 0.6) is 0 Å². The third-order valence-electron chi connectivity index (χ3n) is 4.02. The van der Waals surface area contributed by atoms with Gasteiger partial charge in [-0.3, -0.25) is 0 Å². The SMILES string of the molecule is Cc1ccc(S(=O)(=O)N2CCNCC2c2nccn2C)c(Cl)c1. The maximum absolute atomic E-state index is 13.1. The Bertz CT molecular complexity index is 819. The predicted octanol–water partition coefficient (Wildman–Crippen LogP) is 1.72. The molecule has 0 bridgehead atoms. The molecule has 1 N–H and O–H groups in total. The second-order valence-electron chi connectivity index (χ2n) is 5.67. The van der Waals surface area contributed by atoms with E-state index in [4.69, 9.17) is 11.6 Å². The number of hydrogen-bond donors (Lipinski definition) is 1. The van der Waals surface area contributed by atoms with Crippen molar-refractivity contribution in [1.29, 1.82) is 0 Å². The number of hydrogen-bond acceptors (Lipinski definition) is 4. The molecule has 1 aliphatic rings. The minimum absolute atomic E-state index is 0.144. The van der Waals surface area contributed by atoms with Gasteiger partial charge >= 0.3 is 0 Å². The first-order valence-corrected chi connectivity index (χ1v) is 9.19. The summed E-state index contributed by atoms with van der Waals surface area (Å²) in [6.45, 7) is 3.38. The third-order valence-corrected chi connectivity index (χ3v) is 6.42. The predicted molar refractivity (Wildman–Crippen MR) is 88.9 cm³/mol. The number of nitrogens with one attached hydrogen (secondary N) is 1. The number of imidazole rings is 1. The van der Waals surface area contributed by atoms with Gasteiger partial charge in [-0.25, -0.2) is 13.4 Å².